The highest BCUT2D eigenvalue weighted by atomic mass is 15.0. The maximum absolute atomic E-state index is 9.29. The summed E-state index contributed by atoms with van der Waals surface area (Å²) in [5.41, 5.74) is 8.10. The van der Waals surface area contributed by atoms with Gasteiger partial charge in [-0.3, -0.25) is 0 Å². The van der Waals surface area contributed by atoms with Gasteiger partial charge in [-0.25, -0.2) is 15.0 Å². The summed E-state index contributed by atoms with van der Waals surface area (Å²) in [6.07, 6.45) is 0. The van der Waals surface area contributed by atoms with Crippen LogP contribution in [0.4, 0.5) is 0 Å². The molecule has 1 aromatic heterocycles. The molecule has 214 valence electrons. The minimum Gasteiger partial charge on any atom is -0.208 e. The first-order valence-corrected chi connectivity index (χ1v) is 15.2. The zero-order valence-corrected chi connectivity index (χ0v) is 24.8. The molecular formula is C42H26N4. The van der Waals surface area contributed by atoms with Gasteiger partial charge in [0.05, 0.1) is 11.6 Å². The maximum Gasteiger partial charge on any atom is 0.164 e. The first-order chi connectivity index (χ1) is 22.7. The highest BCUT2D eigenvalue weighted by Crippen LogP contribution is 2.36. The van der Waals surface area contributed by atoms with Crippen molar-refractivity contribution in [2.24, 2.45) is 0 Å². The lowest BCUT2D eigenvalue weighted by atomic mass is 9.92. The van der Waals surface area contributed by atoms with Crippen molar-refractivity contribution in [1.82, 2.24) is 15.0 Å². The lowest BCUT2D eigenvalue weighted by molar-refractivity contribution is 1.07. The van der Waals surface area contributed by atoms with Crippen LogP contribution in [0.2, 0.25) is 0 Å². The van der Waals surface area contributed by atoms with Crippen LogP contribution in [-0.4, -0.2) is 15.0 Å². The van der Waals surface area contributed by atoms with E-state index in [1.807, 2.05) is 78.9 Å². The molecule has 0 aliphatic heterocycles. The number of nitrogens with zero attached hydrogens (tertiary/aromatic N) is 4. The van der Waals surface area contributed by atoms with E-state index in [4.69, 9.17) is 15.0 Å². The summed E-state index contributed by atoms with van der Waals surface area (Å²) in [5.74, 6) is 1.93. The first kappa shape index (κ1) is 27.1. The van der Waals surface area contributed by atoms with Crippen LogP contribution in [0, 0.1) is 11.3 Å². The van der Waals surface area contributed by atoms with Crippen LogP contribution in [0.5, 0.6) is 0 Å². The van der Waals surface area contributed by atoms with E-state index < -0.39 is 0 Å². The van der Waals surface area contributed by atoms with Crippen molar-refractivity contribution in [1.29, 1.82) is 5.26 Å². The number of nitriles is 1. The van der Waals surface area contributed by atoms with Crippen LogP contribution in [0.3, 0.4) is 0 Å². The summed E-state index contributed by atoms with van der Waals surface area (Å²) in [5, 5.41) is 13.8. The Labute approximate surface area is 266 Å². The molecule has 0 amide bonds. The van der Waals surface area contributed by atoms with Crippen LogP contribution in [0.15, 0.2) is 158 Å². The minimum absolute atomic E-state index is 0.637. The molecule has 8 rings (SSSR count). The molecule has 0 aliphatic rings. The quantitative estimate of drug-likeness (QED) is 0.201. The Hall–Kier alpha value is -6.44. The summed E-state index contributed by atoms with van der Waals surface area (Å²) in [4.78, 5) is 14.6. The van der Waals surface area contributed by atoms with Gasteiger partial charge in [0.1, 0.15) is 0 Å². The summed E-state index contributed by atoms with van der Waals surface area (Å²) in [6, 6.07) is 56.0. The van der Waals surface area contributed by atoms with Crippen molar-refractivity contribution in [3.8, 4) is 62.5 Å². The SMILES string of the molecule is N#Cc1ccc2cc(-c3cccc4c(-c5ccc(-c6nc(-c7ccccc7)nc(-c7ccccc7)n6)cc5)cccc34)ccc2c1. The van der Waals surface area contributed by atoms with Crippen molar-refractivity contribution in [2.45, 2.75) is 0 Å². The van der Waals surface area contributed by atoms with Gasteiger partial charge in [-0.2, -0.15) is 5.26 Å². The molecule has 0 aliphatic carbocycles. The maximum atomic E-state index is 9.29. The molecule has 4 heteroatoms. The van der Waals surface area contributed by atoms with Crippen LogP contribution < -0.4 is 0 Å². The average molecular weight is 587 g/mol. The molecule has 0 atom stereocenters. The van der Waals surface area contributed by atoms with Gasteiger partial charge in [0.2, 0.25) is 0 Å². The van der Waals surface area contributed by atoms with Crippen LogP contribution >= 0.6 is 0 Å². The molecule has 0 saturated heterocycles. The predicted molar refractivity (Wildman–Crippen MR) is 187 cm³/mol. The zero-order chi connectivity index (χ0) is 30.9. The van der Waals surface area contributed by atoms with Gasteiger partial charge in [0.25, 0.3) is 0 Å². The van der Waals surface area contributed by atoms with Crippen LogP contribution in [0.1, 0.15) is 5.56 Å². The first-order valence-electron chi connectivity index (χ1n) is 15.2. The second-order valence-corrected chi connectivity index (χ2v) is 11.2. The van der Waals surface area contributed by atoms with Gasteiger partial charge >= 0.3 is 0 Å². The van der Waals surface area contributed by atoms with Gasteiger partial charge < -0.3 is 0 Å². The van der Waals surface area contributed by atoms with Crippen molar-refractivity contribution in [2.75, 3.05) is 0 Å². The second kappa shape index (κ2) is 11.6. The van der Waals surface area contributed by atoms with Gasteiger partial charge in [-0.15, -0.1) is 0 Å². The molecule has 0 N–H and O–H groups in total. The number of fused-ring (bicyclic) bond motifs is 2. The summed E-state index contributed by atoms with van der Waals surface area (Å²) in [7, 11) is 0. The van der Waals surface area contributed by atoms with Gasteiger partial charge in [0, 0.05) is 16.7 Å². The molecule has 4 nitrogen and oxygen atoms in total. The molecular weight excluding hydrogens is 560 g/mol. The van der Waals surface area contributed by atoms with Crippen molar-refractivity contribution in [3.63, 3.8) is 0 Å². The smallest absolute Gasteiger partial charge is 0.164 e. The second-order valence-electron chi connectivity index (χ2n) is 11.2. The molecule has 7 aromatic carbocycles. The highest BCUT2D eigenvalue weighted by Gasteiger charge is 2.14. The molecule has 46 heavy (non-hydrogen) atoms. The van der Waals surface area contributed by atoms with E-state index in [0.29, 0.717) is 23.0 Å². The normalized spacial score (nSPS) is 11.0. The third kappa shape index (κ3) is 5.06. The molecule has 8 aromatic rings. The minimum atomic E-state index is 0.637. The van der Waals surface area contributed by atoms with Gasteiger partial charge in [-0.1, -0.05) is 140 Å². The predicted octanol–water partition coefficient (Wildman–Crippen LogP) is 10.4. The van der Waals surface area contributed by atoms with Crippen molar-refractivity contribution >= 4 is 21.5 Å². The summed E-state index contributed by atoms with van der Waals surface area (Å²) in [6.45, 7) is 0. The fourth-order valence-corrected chi connectivity index (χ4v) is 6.03. The van der Waals surface area contributed by atoms with E-state index in [1.165, 1.54) is 16.3 Å². The number of hydrogen-bond acceptors (Lipinski definition) is 4. The summed E-state index contributed by atoms with van der Waals surface area (Å²) < 4.78 is 0. The highest BCUT2D eigenvalue weighted by molar-refractivity contribution is 6.05. The largest absolute Gasteiger partial charge is 0.208 e. The monoisotopic (exact) mass is 586 g/mol. The zero-order valence-electron chi connectivity index (χ0n) is 24.8. The lowest BCUT2D eigenvalue weighted by Crippen LogP contribution is -2.00. The molecule has 0 bridgehead atoms. The number of hydrogen-bond donors (Lipinski definition) is 0. The number of benzene rings is 7. The molecule has 0 radical (unpaired) electrons. The third-order valence-electron chi connectivity index (χ3n) is 8.36. The Bertz CT molecular complexity index is 2350. The van der Waals surface area contributed by atoms with E-state index in [9.17, 15) is 5.26 Å². The van der Waals surface area contributed by atoms with E-state index in [1.54, 1.807) is 0 Å². The molecule has 1 heterocycles. The topological polar surface area (TPSA) is 62.5 Å². The van der Waals surface area contributed by atoms with Gasteiger partial charge in [0.15, 0.2) is 17.5 Å². The molecule has 0 unspecified atom stereocenters. The van der Waals surface area contributed by atoms with Crippen molar-refractivity contribution in [3.05, 3.63) is 163 Å². The van der Waals surface area contributed by atoms with Crippen molar-refractivity contribution < 1.29 is 0 Å². The average Bonchev–Trinajstić information content (AvgIpc) is 3.14. The Morgan fingerprint density at radius 2 is 0.826 bits per heavy atom. The Morgan fingerprint density at radius 1 is 0.370 bits per heavy atom. The van der Waals surface area contributed by atoms with Crippen LogP contribution in [0.25, 0.3) is 78.0 Å². The summed E-state index contributed by atoms with van der Waals surface area (Å²) >= 11 is 0. The van der Waals surface area contributed by atoms with E-state index >= 15 is 0 Å². The lowest BCUT2D eigenvalue weighted by Gasteiger charge is -2.13. The molecule has 0 spiro atoms. The number of aromatic nitrogens is 3. The Balaban J connectivity index is 1.19. The Kier molecular flexibility index (Phi) is 6.83. The van der Waals surface area contributed by atoms with E-state index in [2.05, 4.69) is 84.9 Å². The third-order valence-corrected chi connectivity index (χ3v) is 8.36. The standard InChI is InChI=1S/C42H26N4/c43-27-28-17-18-34-26-35(24-23-33(34)25-28)37-14-8-15-38-36(13-7-16-39(37)38)29-19-21-32(22-20-29)42-45-40(30-9-3-1-4-10-30)44-41(46-42)31-11-5-2-6-12-31/h1-26H. The van der Waals surface area contributed by atoms with E-state index in [-0.39, 0.29) is 0 Å². The molecule has 0 fully saturated rings. The van der Waals surface area contributed by atoms with E-state index in [0.717, 1.165) is 44.2 Å². The van der Waals surface area contributed by atoms with Crippen LogP contribution in [-0.2, 0) is 0 Å². The van der Waals surface area contributed by atoms with Gasteiger partial charge in [-0.05, 0) is 62.0 Å². The molecule has 0 saturated carbocycles. The fourth-order valence-electron chi connectivity index (χ4n) is 6.03. The fraction of sp³-hybridized carbons (Fsp3) is 0. The Morgan fingerprint density at radius 3 is 1.39 bits per heavy atom. The number of rotatable bonds is 5.